The van der Waals surface area contributed by atoms with Gasteiger partial charge in [-0.15, -0.1) is 24.0 Å². The van der Waals surface area contributed by atoms with Crippen molar-refractivity contribution in [2.24, 2.45) is 4.99 Å². The average molecular weight is 453 g/mol. The predicted molar refractivity (Wildman–Crippen MR) is 112 cm³/mol. The fraction of sp³-hybridized carbons (Fsp3) is 0.941. The molecule has 0 aromatic carbocycles. The molecule has 0 bridgehead atoms. The predicted octanol–water partition coefficient (Wildman–Crippen LogP) is 1.32. The Morgan fingerprint density at radius 1 is 1.25 bits per heavy atom. The van der Waals surface area contributed by atoms with Gasteiger partial charge in [-0.25, -0.2) is 0 Å². The lowest BCUT2D eigenvalue weighted by molar-refractivity contribution is 0.0195. The molecule has 0 saturated carbocycles. The standard InChI is InChI=1S/C17H35N5O.HI/c1-6-18-16(19-14-17(2,3)20(4)5)22-8-7-15(13-22)21-9-11-23-12-10-21;/h15H,6-14H2,1-5H3,(H,18,19);1H. The number of likely N-dealkylation sites (tertiary alicyclic amines) is 1. The van der Waals surface area contributed by atoms with Crippen LogP contribution in [0.3, 0.4) is 0 Å². The van der Waals surface area contributed by atoms with Gasteiger partial charge in [0.1, 0.15) is 0 Å². The van der Waals surface area contributed by atoms with Crippen LogP contribution in [0.25, 0.3) is 0 Å². The van der Waals surface area contributed by atoms with E-state index in [0.29, 0.717) is 6.04 Å². The van der Waals surface area contributed by atoms with Gasteiger partial charge >= 0.3 is 0 Å². The van der Waals surface area contributed by atoms with Gasteiger partial charge in [0.05, 0.1) is 19.8 Å². The number of likely N-dealkylation sites (N-methyl/N-ethyl adjacent to an activating group) is 1. The zero-order valence-corrected chi connectivity index (χ0v) is 18.4. The molecule has 2 saturated heterocycles. The first-order valence-corrected chi connectivity index (χ1v) is 8.96. The van der Waals surface area contributed by atoms with Crippen LogP contribution in [-0.4, -0.2) is 98.8 Å². The van der Waals surface area contributed by atoms with Crippen LogP contribution in [-0.2, 0) is 4.74 Å². The van der Waals surface area contributed by atoms with Crippen LogP contribution in [0, 0.1) is 0 Å². The number of guanidine groups is 1. The second kappa shape index (κ2) is 10.1. The molecule has 142 valence electrons. The molecule has 0 radical (unpaired) electrons. The maximum atomic E-state index is 5.47. The number of nitrogens with zero attached hydrogens (tertiary/aromatic N) is 4. The topological polar surface area (TPSA) is 43.3 Å². The molecule has 0 aromatic heterocycles. The fourth-order valence-corrected chi connectivity index (χ4v) is 3.01. The highest BCUT2D eigenvalue weighted by atomic mass is 127. The lowest BCUT2D eigenvalue weighted by atomic mass is 10.1. The Morgan fingerprint density at radius 3 is 2.50 bits per heavy atom. The number of morpholine rings is 1. The maximum absolute atomic E-state index is 5.47. The number of halogens is 1. The molecule has 0 aromatic rings. The van der Waals surface area contributed by atoms with Crippen molar-refractivity contribution in [2.45, 2.75) is 38.8 Å². The minimum atomic E-state index is 0. The summed E-state index contributed by atoms with van der Waals surface area (Å²) in [7, 11) is 4.24. The van der Waals surface area contributed by atoms with Crippen LogP contribution in [0.5, 0.6) is 0 Å². The average Bonchev–Trinajstić information content (AvgIpc) is 3.02. The Labute approximate surface area is 165 Å². The zero-order valence-electron chi connectivity index (χ0n) is 16.0. The Hall–Kier alpha value is -0.120. The van der Waals surface area contributed by atoms with Crippen LogP contribution >= 0.6 is 24.0 Å². The highest BCUT2D eigenvalue weighted by Gasteiger charge is 2.30. The summed E-state index contributed by atoms with van der Waals surface area (Å²) in [4.78, 5) is 12.2. The van der Waals surface area contributed by atoms with Crippen LogP contribution in [0.15, 0.2) is 4.99 Å². The van der Waals surface area contributed by atoms with Crippen molar-refractivity contribution >= 4 is 29.9 Å². The quantitative estimate of drug-likeness (QED) is 0.387. The van der Waals surface area contributed by atoms with Crippen molar-refractivity contribution < 1.29 is 4.74 Å². The summed E-state index contributed by atoms with van der Waals surface area (Å²) >= 11 is 0. The normalized spacial score (nSPS) is 23.5. The molecule has 2 aliphatic rings. The van der Waals surface area contributed by atoms with Crippen LogP contribution < -0.4 is 5.32 Å². The van der Waals surface area contributed by atoms with Crippen molar-refractivity contribution in [1.29, 1.82) is 0 Å². The largest absolute Gasteiger partial charge is 0.379 e. The zero-order chi connectivity index (χ0) is 16.9. The minimum absolute atomic E-state index is 0. The summed E-state index contributed by atoms with van der Waals surface area (Å²) in [5.41, 5.74) is 0.0734. The molecule has 24 heavy (non-hydrogen) atoms. The Balaban J connectivity index is 0.00000288. The Bertz CT molecular complexity index is 396. The van der Waals surface area contributed by atoms with Gasteiger partial charge < -0.3 is 19.9 Å². The summed E-state index contributed by atoms with van der Waals surface area (Å²) in [6.45, 7) is 14.4. The molecular formula is C17H36IN5O. The maximum Gasteiger partial charge on any atom is 0.194 e. The third-order valence-electron chi connectivity index (χ3n) is 5.19. The number of hydrogen-bond donors (Lipinski definition) is 1. The van der Waals surface area contributed by atoms with Gasteiger partial charge in [-0.1, -0.05) is 0 Å². The lowest BCUT2D eigenvalue weighted by Crippen LogP contribution is -2.47. The molecule has 1 atom stereocenters. The van der Waals surface area contributed by atoms with Gasteiger partial charge in [0.25, 0.3) is 0 Å². The van der Waals surface area contributed by atoms with Gasteiger partial charge in [0.2, 0.25) is 0 Å². The van der Waals surface area contributed by atoms with E-state index >= 15 is 0 Å². The van der Waals surface area contributed by atoms with E-state index in [9.17, 15) is 0 Å². The number of ether oxygens (including phenoxy) is 1. The van der Waals surface area contributed by atoms with E-state index in [-0.39, 0.29) is 29.5 Å². The van der Waals surface area contributed by atoms with E-state index in [4.69, 9.17) is 9.73 Å². The summed E-state index contributed by atoms with van der Waals surface area (Å²) < 4.78 is 5.47. The first-order valence-electron chi connectivity index (χ1n) is 8.96. The van der Waals surface area contributed by atoms with E-state index in [1.165, 1.54) is 6.42 Å². The summed E-state index contributed by atoms with van der Waals surface area (Å²) in [5, 5.41) is 3.47. The molecule has 1 N–H and O–H groups in total. The summed E-state index contributed by atoms with van der Waals surface area (Å²) in [5.74, 6) is 1.07. The first kappa shape index (κ1) is 21.9. The summed E-state index contributed by atoms with van der Waals surface area (Å²) in [6.07, 6.45) is 1.22. The van der Waals surface area contributed by atoms with Crippen LogP contribution in [0.2, 0.25) is 0 Å². The number of aliphatic imine (C=N–C) groups is 1. The van der Waals surface area contributed by atoms with Crippen molar-refractivity contribution in [2.75, 3.05) is 66.6 Å². The number of rotatable bonds is 5. The van der Waals surface area contributed by atoms with E-state index < -0.39 is 0 Å². The van der Waals surface area contributed by atoms with Crippen molar-refractivity contribution in [3.8, 4) is 0 Å². The number of nitrogens with one attached hydrogen (secondary N) is 1. The highest BCUT2D eigenvalue weighted by Crippen LogP contribution is 2.18. The van der Waals surface area contributed by atoms with Crippen molar-refractivity contribution in [3.63, 3.8) is 0 Å². The first-order chi connectivity index (χ1) is 10.9. The smallest absolute Gasteiger partial charge is 0.194 e. The molecular weight excluding hydrogens is 417 g/mol. The monoisotopic (exact) mass is 453 g/mol. The Morgan fingerprint density at radius 2 is 1.92 bits per heavy atom. The van der Waals surface area contributed by atoms with Crippen LogP contribution in [0.1, 0.15) is 27.2 Å². The third kappa shape index (κ3) is 6.00. The van der Waals surface area contributed by atoms with Gasteiger partial charge in [0, 0.05) is 44.3 Å². The molecule has 1 unspecified atom stereocenters. The van der Waals surface area contributed by atoms with E-state index in [1.54, 1.807) is 0 Å². The third-order valence-corrected chi connectivity index (χ3v) is 5.19. The molecule has 6 nitrogen and oxygen atoms in total. The van der Waals surface area contributed by atoms with E-state index in [2.05, 4.69) is 54.9 Å². The van der Waals surface area contributed by atoms with Crippen LogP contribution in [0.4, 0.5) is 0 Å². The van der Waals surface area contributed by atoms with E-state index in [1.807, 2.05) is 0 Å². The highest BCUT2D eigenvalue weighted by molar-refractivity contribution is 14.0. The second-order valence-corrected chi connectivity index (χ2v) is 7.41. The SMILES string of the molecule is CCNC(=NCC(C)(C)N(C)C)N1CCC(N2CCOCC2)C1.I. The van der Waals surface area contributed by atoms with Gasteiger partial charge in [-0.3, -0.25) is 9.89 Å². The molecule has 2 fully saturated rings. The van der Waals surface area contributed by atoms with E-state index in [0.717, 1.165) is 58.4 Å². The minimum Gasteiger partial charge on any atom is -0.379 e. The molecule has 0 spiro atoms. The summed E-state index contributed by atoms with van der Waals surface area (Å²) in [6, 6.07) is 0.643. The van der Waals surface area contributed by atoms with Gasteiger partial charge in [-0.05, 0) is 41.3 Å². The molecule has 2 aliphatic heterocycles. The lowest BCUT2D eigenvalue weighted by Gasteiger charge is -2.33. The molecule has 0 amide bonds. The molecule has 7 heteroatoms. The van der Waals surface area contributed by atoms with Gasteiger partial charge in [0.15, 0.2) is 5.96 Å². The van der Waals surface area contributed by atoms with Crippen molar-refractivity contribution in [1.82, 2.24) is 20.0 Å². The molecule has 2 heterocycles. The van der Waals surface area contributed by atoms with Gasteiger partial charge in [-0.2, -0.15) is 0 Å². The molecule has 2 rings (SSSR count). The second-order valence-electron chi connectivity index (χ2n) is 7.41. The van der Waals surface area contributed by atoms with Crippen molar-refractivity contribution in [3.05, 3.63) is 0 Å². The molecule has 0 aliphatic carbocycles. The Kier molecular flexibility index (Phi) is 9.25. The number of hydrogen-bond acceptors (Lipinski definition) is 4. The fourth-order valence-electron chi connectivity index (χ4n) is 3.01.